The molecule has 1 heterocycles. The topological polar surface area (TPSA) is 117 Å². The number of aliphatic carboxylic acids is 2. The molecule has 1 unspecified atom stereocenters. The van der Waals surface area contributed by atoms with Crippen molar-refractivity contribution < 1.29 is 29.0 Å². The lowest BCUT2D eigenvalue weighted by atomic mass is 10.1. The number of hydrogen-bond acceptors (Lipinski definition) is 4. The molecule has 104 valence electrons. The molecule has 1 amide bonds. The van der Waals surface area contributed by atoms with Crippen LogP contribution in [0.25, 0.3) is 0 Å². The minimum absolute atomic E-state index is 0.0196. The fraction of sp³-hybridized carbons (Fsp3) is 0.417. The van der Waals surface area contributed by atoms with Crippen molar-refractivity contribution in [2.75, 3.05) is 0 Å². The number of nitrogens with one attached hydrogen (secondary N) is 1. The smallest absolute Gasteiger partial charge is 0.326 e. The Bertz CT molecular complexity index is 439. The highest BCUT2D eigenvalue weighted by atomic mass is 16.4. The predicted octanol–water partition coefficient (Wildman–Crippen LogP) is 0.646. The Morgan fingerprint density at radius 3 is 2.53 bits per heavy atom. The van der Waals surface area contributed by atoms with E-state index in [9.17, 15) is 14.4 Å². The maximum atomic E-state index is 11.5. The molecule has 0 saturated carbocycles. The van der Waals surface area contributed by atoms with E-state index in [0.29, 0.717) is 5.76 Å². The molecule has 0 bridgehead atoms. The molecular formula is C12H15NO6. The van der Waals surface area contributed by atoms with E-state index < -0.39 is 23.9 Å². The normalized spacial score (nSPS) is 11.8. The van der Waals surface area contributed by atoms with Gasteiger partial charge in [0.15, 0.2) is 0 Å². The van der Waals surface area contributed by atoms with Crippen molar-refractivity contribution in [3.8, 4) is 0 Å². The summed E-state index contributed by atoms with van der Waals surface area (Å²) in [5.74, 6) is -2.18. The van der Waals surface area contributed by atoms with E-state index in [1.165, 1.54) is 6.26 Å². The highest BCUT2D eigenvalue weighted by molar-refractivity contribution is 5.83. The zero-order valence-corrected chi connectivity index (χ0v) is 10.2. The molecule has 7 nitrogen and oxygen atoms in total. The number of carboxylic acids is 2. The molecule has 0 aliphatic rings. The summed E-state index contributed by atoms with van der Waals surface area (Å²) in [5, 5.41) is 19.8. The molecule has 0 spiro atoms. The van der Waals surface area contributed by atoms with Gasteiger partial charge in [0.05, 0.1) is 6.26 Å². The van der Waals surface area contributed by atoms with Gasteiger partial charge in [0.2, 0.25) is 5.91 Å². The summed E-state index contributed by atoms with van der Waals surface area (Å²) in [7, 11) is 0. The molecule has 1 aromatic rings. The van der Waals surface area contributed by atoms with E-state index in [0.717, 1.165) is 0 Å². The quantitative estimate of drug-likeness (QED) is 0.637. The lowest BCUT2D eigenvalue weighted by Gasteiger charge is -2.13. The van der Waals surface area contributed by atoms with Gasteiger partial charge in [-0.1, -0.05) is 0 Å². The van der Waals surface area contributed by atoms with Gasteiger partial charge in [-0.15, -0.1) is 0 Å². The third kappa shape index (κ3) is 5.71. The molecule has 0 aliphatic heterocycles. The second-order valence-corrected chi connectivity index (χ2v) is 3.99. The van der Waals surface area contributed by atoms with Gasteiger partial charge < -0.3 is 19.9 Å². The van der Waals surface area contributed by atoms with Crippen LogP contribution in [0.15, 0.2) is 22.8 Å². The van der Waals surface area contributed by atoms with E-state index in [-0.39, 0.29) is 25.7 Å². The summed E-state index contributed by atoms with van der Waals surface area (Å²) >= 11 is 0. The van der Waals surface area contributed by atoms with Crippen LogP contribution in [0.1, 0.15) is 25.0 Å². The van der Waals surface area contributed by atoms with E-state index in [4.69, 9.17) is 14.6 Å². The summed E-state index contributed by atoms with van der Waals surface area (Å²) < 4.78 is 5.02. The standard InChI is InChI=1S/C12H15NO6/c14-10(4-1-5-11(15)16)13-9(12(17)18)7-8-3-2-6-19-8/h2-3,6,9H,1,4-5,7H2,(H,13,14)(H,15,16)(H,17,18). The number of rotatable bonds is 8. The summed E-state index contributed by atoms with van der Waals surface area (Å²) in [5.41, 5.74) is 0. The Kier molecular flexibility index (Phi) is 5.59. The van der Waals surface area contributed by atoms with Crippen LogP contribution in [0.3, 0.4) is 0 Å². The Morgan fingerprint density at radius 1 is 1.26 bits per heavy atom. The van der Waals surface area contributed by atoms with Crippen molar-refractivity contribution in [1.29, 1.82) is 0 Å². The van der Waals surface area contributed by atoms with Gasteiger partial charge >= 0.3 is 11.9 Å². The molecule has 0 saturated heterocycles. The summed E-state index contributed by atoms with van der Waals surface area (Å²) in [6, 6.07) is 2.17. The largest absolute Gasteiger partial charge is 0.481 e. The summed E-state index contributed by atoms with van der Waals surface area (Å²) in [4.78, 5) is 32.7. The molecule has 1 atom stereocenters. The van der Waals surface area contributed by atoms with Crippen molar-refractivity contribution in [3.63, 3.8) is 0 Å². The van der Waals surface area contributed by atoms with Crippen molar-refractivity contribution in [2.24, 2.45) is 0 Å². The maximum absolute atomic E-state index is 11.5. The highest BCUT2D eigenvalue weighted by Crippen LogP contribution is 2.05. The third-order valence-electron chi connectivity index (χ3n) is 2.41. The van der Waals surface area contributed by atoms with Gasteiger partial charge in [0.1, 0.15) is 11.8 Å². The Balaban J connectivity index is 2.42. The van der Waals surface area contributed by atoms with Gasteiger partial charge in [0.25, 0.3) is 0 Å². The van der Waals surface area contributed by atoms with Crippen LogP contribution < -0.4 is 5.32 Å². The number of carboxylic acid groups (broad SMARTS) is 2. The van der Waals surface area contributed by atoms with Gasteiger partial charge in [-0.05, 0) is 18.6 Å². The SMILES string of the molecule is O=C(O)CCCC(=O)NC(Cc1ccco1)C(=O)O. The molecule has 0 fully saturated rings. The first-order valence-electron chi connectivity index (χ1n) is 5.75. The average Bonchev–Trinajstić information content (AvgIpc) is 2.80. The molecule has 0 aliphatic carbocycles. The minimum Gasteiger partial charge on any atom is -0.481 e. The van der Waals surface area contributed by atoms with Crippen LogP contribution in [0.5, 0.6) is 0 Å². The molecule has 3 N–H and O–H groups in total. The number of furan rings is 1. The van der Waals surface area contributed by atoms with Crippen LogP contribution in [-0.4, -0.2) is 34.1 Å². The number of carbonyl (C=O) groups is 3. The van der Waals surface area contributed by atoms with Crippen LogP contribution in [0, 0.1) is 0 Å². The Hall–Kier alpha value is -2.31. The number of carbonyl (C=O) groups excluding carboxylic acids is 1. The fourth-order valence-corrected chi connectivity index (χ4v) is 1.50. The lowest BCUT2D eigenvalue weighted by Crippen LogP contribution is -2.42. The first kappa shape index (κ1) is 14.7. The zero-order valence-electron chi connectivity index (χ0n) is 10.2. The zero-order chi connectivity index (χ0) is 14.3. The Labute approximate surface area is 109 Å². The summed E-state index contributed by atoms with van der Waals surface area (Å²) in [6.07, 6.45) is 1.50. The predicted molar refractivity (Wildman–Crippen MR) is 63.5 cm³/mol. The number of amides is 1. The van der Waals surface area contributed by atoms with E-state index >= 15 is 0 Å². The average molecular weight is 269 g/mol. The fourth-order valence-electron chi connectivity index (χ4n) is 1.50. The molecule has 0 radical (unpaired) electrons. The van der Waals surface area contributed by atoms with E-state index in [1.807, 2.05) is 0 Å². The second kappa shape index (κ2) is 7.20. The van der Waals surface area contributed by atoms with Crippen molar-refractivity contribution in [3.05, 3.63) is 24.2 Å². The summed E-state index contributed by atoms with van der Waals surface area (Å²) in [6.45, 7) is 0. The van der Waals surface area contributed by atoms with Crippen LogP contribution in [0.4, 0.5) is 0 Å². The lowest BCUT2D eigenvalue weighted by molar-refractivity contribution is -0.142. The van der Waals surface area contributed by atoms with Gasteiger partial charge in [-0.3, -0.25) is 9.59 Å². The number of hydrogen-bond donors (Lipinski definition) is 3. The molecule has 1 aromatic heterocycles. The van der Waals surface area contributed by atoms with Crippen LogP contribution in [-0.2, 0) is 20.8 Å². The molecule has 1 rings (SSSR count). The van der Waals surface area contributed by atoms with E-state index in [2.05, 4.69) is 5.32 Å². The minimum atomic E-state index is -1.16. The molecule has 7 heteroatoms. The molecule has 19 heavy (non-hydrogen) atoms. The highest BCUT2D eigenvalue weighted by Gasteiger charge is 2.21. The van der Waals surface area contributed by atoms with Crippen molar-refractivity contribution in [1.82, 2.24) is 5.32 Å². The molecular weight excluding hydrogens is 254 g/mol. The van der Waals surface area contributed by atoms with Crippen LogP contribution in [0.2, 0.25) is 0 Å². The van der Waals surface area contributed by atoms with Gasteiger partial charge in [-0.2, -0.15) is 0 Å². The molecule has 0 aromatic carbocycles. The van der Waals surface area contributed by atoms with Gasteiger partial charge in [-0.25, -0.2) is 4.79 Å². The van der Waals surface area contributed by atoms with E-state index in [1.54, 1.807) is 12.1 Å². The first-order chi connectivity index (χ1) is 8.99. The second-order valence-electron chi connectivity index (χ2n) is 3.99. The monoisotopic (exact) mass is 269 g/mol. The van der Waals surface area contributed by atoms with Gasteiger partial charge in [0, 0.05) is 19.3 Å². The third-order valence-corrected chi connectivity index (χ3v) is 2.41. The first-order valence-corrected chi connectivity index (χ1v) is 5.75. The van der Waals surface area contributed by atoms with Crippen molar-refractivity contribution in [2.45, 2.75) is 31.7 Å². The Morgan fingerprint density at radius 2 is 2.00 bits per heavy atom. The maximum Gasteiger partial charge on any atom is 0.326 e. The van der Waals surface area contributed by atoms with Crippen LogP contribution >= 0.6 is 0 Å². The van der Waals surface area contributed by atoms with Crippen molar-refractivity contribution >= 4 is 17.8 Å².